The van der Waals surface area contributed by atoms with Crippen LogP contribution in [-0.2, 0) is 11.3 Å². The number of aryl methyl sites for hydroxylation is 1. The van der Waals surface area contributed by atoms with Crippen LogP contribution in [0.1, 0.15) is 35.5 Å². The highest BCUT2D eigenvalue weighted by molar-refractivity contribution is 6.30. The maximum Gasteiger partial charge on any atom is 0.251 e. The Bertz CT molecular complexity index is 745. The zero-order valence-corrected chi connectivity index (χ0v) is 15.3. The van der Waals surface area contributed by atoms with Crippen molar-refractivity contribution in [1.82, 2.24) is 15.6 Å². The van der Waals surface area contributed by atoms with Crippen molar-refractivity contribution in [3.8, 4) is 0 Å². The molecule has 0 spiro atoms. The Morgan fingerprint density at radius 1 is 1.16 bits per heavy atom. The number of amides is 2. The molecule has 1 aromatic heterocycles. The quantitative estimate of drug-likeness (QED) is 0.832. The minimum atomic E-state index is -0.632. The van der Waals surface area contributed by atoms with Crippen LogP contribution in [0.25, 0.3) is 0 Å². The Kier molecular flexibility index (Phi) is 6.53. The molecule has 1 unspecified atom stereocenters. The predicted molar refractivity (Wildman–Crippen MR) is 98.4 cm³/mol. The number of benzene rings is 1. The van der Waals surface area contributed by atoms with Gasteiger partial charge in [-0.3, -0.25) is 14.6 Å². The van der Waals surface area contributed by atoms with E-state index in [4.69, 9.17) is 11.6 Å². The van der Waals surface area contributed by atoms with Gasteiger partial charge in [0.2, 0.25) is 5.91 Å². The van der Waals surface area contributed by atoms with E-state index >= 15 is 0 Å². The van der Waals surface area contributed by atoms with Gasteiger partial charge in [-0.05, 0) is 48.7 Å². The van der Waals surface area contributed by atoms with Gasteiger partial charge in [0.05, 0.1) is 12.2 Å². The lowest BCUT2D eigenvalue weighted by Crippen LogP contribution is -2.49. The smallest absolute Gasteiger partial charge is 0.251 e. The van der Waals surface area contributed by atoms with Crippen LogP contribution in [0.15, 0.2) is 42.6 Å². The lowest BCUT2D eigenvalue weighted by molar-refractivity contribution is -0.124. The Hall–Kier alpha value is -2.40. The van der Waals surface area contributed by atoms with E-state index in [-0.39, 0.29) is 17.7 Å². The second kappa shape index (κ2) is 8.62. The lowest BCUT2D eigenvalue weighted by atomic mass is 10.0. The second-order valence-corrected chi connectivity index (χ2v) is 6.62. The summed E-state index contributed by atoms with van der Waals surface area (Å²) in [6.45, 7) is 6.04. The molecule has 0 bridgehead atoms. The third-order valence-electron chi connectivity index (χ3n) is 3.89. The summed E-state index contributed by atoms with van der Waals surface area (Å²) in [5.41, 5.74) is 2.28. The van der Waals surface area contributed by atoms with Gasteiger partial charge in [0.1, 0.15) is 6.04 Å². The van der Waals surface area contributed by atoms with Crippen molar-refractivity contribution in [2.45, 2.75) is 33.4 Å². The fraction of sp³-hybridized carbons (Fsp3) is 0.316. The highest BCUT2D eigenvalue weighted by Gasteiger charge is 2.24. The Balaban J connectivity index is 2.01. The average Bonchev–Trinajstić information content (AvgIpc) is 2.58. The molecule has 1 aromatic carbocycles. The summed E-state index contributed by atoms with van der Waals surface area (Å²) < 4.78 is 0. The first-order valence-electron chi connectivity index (χ1n) is 8.13. The van der Waals surface area contributed by atoms with Gasteiger partial charge in [-0.1, -0.05) is 31.5 Å². The first kappa shape index (κ1) is 18.9. The van der Waals surface area contributed by atoms with E-state index in [1.807, 2.05) is 32.9 Å². The molecule has 0 radical (unpaired) electrons. The van der Waals surface area contributed by atoms with Gasteiger partial charge in [0, 0.05) is 16.8 Å². The van der Waals surface area contributed by atoms with Crippen LogP contribution < -0.4 is 10.6 Å². The van der Waals surface area contributed by atoms with Gasteiger partial charge in [-0.15, -0.1) is 0 Å². The molecule has 2 rings (SSSR count). The molecule has 1 heterocycles. The van der Waals surface area contributed by atoms with Crippen molar-refractivity contribution in [3.05, 3.63) is 64.4 Å². The molecule has 0 saturated heterocycles. The molecular formula is C19H22ClN3O2. The van der Waals surface area contributed by atoms with Gasteiger partial charge in [-0.25, -0.2) is 0 Å². The molecule has 0 aliphatic carbocycles. The molecule has 2 N–H and O–H groups in total. The van der Waals surface area contributed by atoms with E-state index in [1.54, 1.807) is 30.5 Å². The van der Waals surface area contributed by atoms with Gasteiger partial charge >= 0.3 is 0 Å². The first-order valence-corrected chi connectivity index (χ1v) is 8.51. The van der Waals surface area contributed by atoms with Gasteiger partial charge in [0.15, 0.2) is 0 Å². The van der Waals surface area contributed by atoms with E-state index in [9.17, 15) is 9.59 Å². The van der Waals surface area contributed by atoms with Crippen LogP contribution in [0.4, 0.5) is 0 Å². The number of carbonyl (C=O) groups excluding carboxylic acids is 2. The third-order valence-corrected chi connectivity index (χ3v) is 4.14. The molecule has 132 valence electrons. The number of pyridine rings is 1. The second-order valence-electron chi connectivity index (χ2n) is 6.19. The largest absolute Gasteiger partial charge is 0.349 e. The maximum atomic E-state index is 12.5. The average molecular weight is 360 g/mol. The molecule has 0 fully saturated rings. The number of aromatic nitrogens is 1. The molecule has 5 nitrogen and oxygen atoms in total. The minimum Gasteiger partial charge on any atom is -0.349 e. The number of carbonyl (C=O) groups is 2. The number of nitrogens with zero attached hydrogens (tertiary/aromatic N) is 1. The van der Waals surface area contributed by atoms with E-state index < -0.39 is 6.04 Å². The molecule has 2 aromatic rings. The van der Waals surface area contributed by atoms with Crippen molar-refractivity contribution in [2.75, 3.05) is 0 Å². The fourth-order valence-electron chi connectivity index (χ4n) is 2.35. The summed E-state index contributed by atoms with van der Waals surface area (Å²) in [4.78, 5) is 29.1. The molecule has 1 atom stereocenters. The molecule has 0 aliphatic rings. The summed E-state index contributed by atoms with van der Waals surface area (Å²) >= 11 is 5.83. The molecular weight excluding hydrogens is 338 g/mol. The SMILES string of the molecule is Cc1cccnc1CNC(=O)C(NC(=O)c1ccc(Cl)cc1)C(C)C. The van der Waals surface area contributed by atoms with Crippen LogP contribution in [0.3, 0.4) is 0 Å². The van der Waals surface area contributed by atoms with Crippen LogP contribution in [0, 0.1) is 12.8 Å². The van der Waals surface area contributed by atoms with E-state index in [1.165, 1.54) is 0 Å². The first-order chi connectivity index (χ1) is 11.9. The van der Waals surface area contributed by atoms with Gasteiger partial charge in [0.25, 0.3) is 5.91 Å². The van der Waals surface area contributed by atoms with Crippen molar-refractivity contribution in [3.63, 3.8) is 0 Å². The summed E-state index contributed by atoms with van der Waals surface area (Å²) in [6, 6.07) is 9.71. The van der Waals surface area contributed by atoms with E-state index in [0.717, 1.165) is 11.3 Å². The van der Waals surface area contributed by atoms with Crippen LogP contribution >= 0.6 is 11.6 Å². The zero-order chi connectivity index (χ0) is 18.4. The Labute approximate surface area is 152 Å². The number of hydrogen-bond donors (Lipinski definition) is 2. The topological polar surface area (TPSA) is 71.1 Å². The minimum absolute atomic E-state index is 0.0546. The number of hydrogen-bond acceptors (Lipinski definition) is 3. The van der Waals surface area contributed by atoms with Gasteiger partial charge < -0.3 is 10.6 Å². The third kappa shape index (κ3) is 5.29. The van der Waals surface area contributed by atoms with Gasteiger partial charge in [-0.2, -0.15) is 0 Å². The molecule has 0 aliphatic heterocycles. The number of halogens is 1. The highest BCUT2D eigenvalue weighted by Crippen LogP contribution is 2.11. The normalized spacial score (nSPS) is 11.9. The van der Waals surface area contributed by atoms with Crippen molar-refractivity contribution in [1.29, 1.82) is 0 Å². The molecule has 2 amide bonds. The number of nitrogens with one attached hydrogen (secondary N) is 2. The number of rotatable bonds is 6. The summed E-state index contributed by atoms with van der Waals surface area (Å²) in [7, 11) is 0. The van der Waals surface area contributed by atoms with Crippen LogP contribution in [-0.4, -0.2) is 22.8 Å². The maximum absolute atomic E-state index is 12.5. The van der Waals surface area contributed by atoms with Crippen LogP contribution in [0.5, 0.6) is 0 Å². The van der Waals surface area contributed by atoms with E-state index in [2.05, 4.69) is 15.6 Å². The predicted octanol–water partition coefficient (Wildman–Crippen LogP) is 3.11. The van der Waals surface area contributed by atoms with Crippen molar-refractivity contribution < 1.29 is 9.59 Å². The van der Waals surface area contributed by atoms with Crippen LogP contribution in [0.2, 0.25) is 5.02 Å². The monoisotopic (exact) mass is 359 g/mol. The van der Waals surface area contributed by atoms with E-state index in [0.29, 0.717) is 17.1 Å². The zero-order valence-electron chi connectivity index (χ0n) is 14.5. The molecule has 25 heavy (non-hydrogen) atoms. The summed E-state index contributed by atoms with van der Waals surface area (Å²) in [6.07, 6.45) is 1.69. The Morgan fingerprint density at radius 2 is 1.84 bits per heavy atom. The standard InChI is InChI=1S/C19H22ClN3O2/c1-12(2)17(23-18(24)14-6-8-15(20)9-7-14)19(25)22-11-16-13(3)5-4-10-21-16/h4-10,12,17H,11H2,1-3H3,(H,22,25)(H,23,24). The fourth-order valence-corrected chi connectivity index (χ4v) is 2.47. The van der Waals surface area contributed by atoms with Crippen molar-refractivity contribution in [2.24, 2.45) is 5.92 Å². The highest BCUT2D eigenvalue weighted by atomic mass is 35.5. The summed E-state index contributed by atoms with van der Waals surface area (Å²) in [5, 5.41) is 6.19. The summed E-state index contributed by atoms with van der Waals surface area (Å²) in [5.74, 6) is -0.594. The molecule has 6 heteroatoms. The lowest BCUT2D eigenvalue weighted by Gasteiger charge is -2.22. The molecule has 0 saturated carbocycles. The Morgan fingerprint density at radius 3 is 2.44 bits per heavy atom. The van der Waals surface area contributed by atoms with Crippen molar-refractivity contribution >= 4 is 23.4 Å².